The minimum Gasteiger partial charge on any atom is -0.479 e. The predicted molar refractivity (Wildman–Crippen MR) is 88.6 cm³/mol. The molecule has 0 amide bonds. The summed E-state index contributed by atoms with van der Waals surface area (Å²) in [5.74, 6) is -0.910. The number of methoxy groups -OCH3 is 1. The summed E-state index contributed by atoms with van der Waals surface area (Å²) < 4.78 is 5.34. The van der Waals surface area contributed by atoms with Crippen molar-refractivity contribution in [2.24, 2.45) is 0 Å². The van der Waals surface area contributed by atoms with Crippen molar-refractivity contribution in [2.75, 3.05) is 20.2 Å². The van der Waals surface area contributed by atoms with E-state index in [0.29, 0.717) is 24.5 Å². The lowest BCUT2D eigenvalue weighted by atomic mass is 9.92. The lowest BCUT2D eigenvalue weighted by molar-refractivity contribution is -0.169. The van der Waals surface area contributed by atoms with Crippen LogP contribution >= 0.6 is 11.6 Å². The Labute approximate surface area is 139 Å². The quantitative estimate of drug-likeness (QED) is 0.931. The molecule has 1 N–H and O–H groups in total. The third-order valence-corrected chi connectivity index (χ3v) is 4.87. The van der Waals surface area contributed by atoms with Crippen molar-refractivity contribution in [3.63, 3.8) is 0 Å². The number of likely N-dealkylation sites (tertiary alicyclic amines) is 1. The Morgan fingerprint density at radius 1 is 1.48 bits per heavy atom. The fourth-order valence-electron chi connectivity index (χ4n) is 3.23. The zero-order valence-corrected chi connectivity index (χ0v) is 13.7. The van der Waals surface area contributed by atoms with Gasteiger partial charge in [-0.2, -0.15) is 0 Å². The maximum absolute atomic E-state index is 11.6. The lowest BCUT2D eigenvalue weighted by Crippen LogP contribution is -2.54. The van der Waals surface area contributed by atoms with Gasteiger partial charge in [-0.3, -0.25) is 9.88 Å². The summed E-state index contributed by atoms with van der Waals surface area (Å²) in [5, 5.41) is 11.2. The van der Waals surface area contributed by atoms with E-state index in [9.17, 15) is 9.90 Å². The van der Waals surface area contributed by atoms with E-state index in [1.54, 1.807) is 6.20 Å². The number of nitrogens with zero attached hydrogens (tertiary/aromatic N) is 2. The van der Waals surface area contributed by atoms with E-state index in [2.05, 4.69) is 9.88 Å². The number of aliphatic carboxylic acids is 1. The number of carboxylic acids is 1. The molecule has 0 bridgehead atoms. The van der Waals surface area contributed by atoms with E-state index in [1.165, 1.54) is 7.11 Å². The molecule has 2 heterocycles. The van der Waals surface area contributed by atoms with Gasteiger partial charge in [-0.15, -0.1) is 0 Å². The molecule has 1 aliphatic rings. The van der Waals surface area contributed by atoms with Gasteiger partial charge in [0, 0.05) is 42.4 Å². The second kappa shape index (κ2) is 6.43. The molecule has 1 unspecified atom stereocenters. The predicted octanol–water partition coefficient (Wildman–Crippen LogP) is 2.95. The number of ether oxygens (including phenoxy) is 1. The first-order valence-corrected chi connectivity index (χ1v) is 7.96. The summed E-state index contributed by atoms with van der Waals surface area (Å²) in [4.78, 5) is 18.1. The molecule has 3 rings (SSSR count). The molecule has 23 heavy (non-hydrogen) atoms. The number of aromatic nitrogens is 1. The largest absolute Gasteiger partial charge is 0.479 e. The molecule has 1 aromatic heterocycles. The number of benzene rings is 1. The van der Waals surface area contributed by atoms with Gasteiger partial charge in [-0.25, -0.2) is 4.79 Å². The number of fused-ring (bicyclic) bond motifs is 1. The fraction of sp³-hybridized carbons (Fsp3) is 0.412. The van der Waals surface area contributed by atoms with Gasteiger partial charge in [0.05, 0.1) is 5.52 Å². The zero-order valence-electron chi connectivity index (χ0n) is 13.0. The summed E-state index contributed by atoms with van der Waals surface area (Å²) >= 11 is 6.38. The monoisotopic (exact) mass is 334 g/mol. The van der Waals surface area contributed by atoms with Crippen LogP contribution in [0.2, 0.25) is 5.02 Å². The zero-order chi connectivity index (χ0) is 16.4. The Kier molecular flexibility index (Phi) is 4.53. The number of hydrogen-bond acceptors (Lipinski definition) is 4. The van der Waals surface area contributed by atoms with E-state index in [0.717, 1.165) is 29.4 Å². The first kappa shape index (κ1) is 16.2. The highest BCUT2D eigenvalue weighted by Gasteiger charge is 2.42. The first-order valence-electron chi connectivity index (χ1n) is 7.59. The molecule has 0 saturated carbocycles. The van der Waals surface area contributed by atoms with Crippen LogP contribution in [-0.4, -0.2) is 46.8 Å². The molecule has 0 spiro atoms. The van der Waals surface area contributed by atoms with E-state index in [1.807, 2.05) is 24.3 Å². The second-order valence-electron chi connectivity index (χ2n) is 5.92. The average molecular weight is 335 g/mol. The molecule has 1 fully saturated rings. The summed E-state index contributed by atoms with van der Waals surface area (Å²) in [5.41, 5.74) is 0.661. The molecular weight excluding hydrogens is 316 g/mol. The van der Waals surface area contributed by atoms with Crippen molar-refractivity contribution in [1.82, 2.24) is 9.88 Å². The Bertz CT molecular complexity index is 737. The third kappa shape index (κ3) is 3.04. The average Bonchev–Trinajstić information content (AvgIpc) is 2.57. The van der Waals surface area contributed by atoms with Gasteiger partial charge in [0.25, 0.3) is 0 Å². The molecule has 1 aromatic carbocycles. The molecule has 2 aromatic rings. The van der Waals surface area contributed by atoms with E-state index < -0.39 is 11.6 Å². The number of carboxylic acid groups (broad SMARTS) is 1. The van der Waals surface area contributed by atoms with E-state index in [4.69, 9.17) is 16.3 Å². The Balaban J connectivity index is 1.90. The number of piperidine rings is 1. The lowest BCUT2D eigenvalue weighted by Gasteiger charge is -2.39. The molecule has 122 valence electrons. The topological polar surface area (TPSA) is 62.7 Å². The first-order chi connectivity index (χ1) is 11.1. The van der Waals surface area contributed by atoms with Crippen LogP contribution in [0.1, 0.15) is 18.4 Å². The van der Waals surface area contributed by atoms with Gasteiger partial charge < -0.3 is 9.84 Å². The Morgan fingerprint density at radius 2 is 2.30 bits per heavy atom. The van der Waals surface area contributed by atoms with Crippen molar-refractivity contribution in [3.8, 4) is 0 Å². The normalized spacial score (nSPS) is 22.3. The number of halogens is 1. The summed E-state index contributed by atoms with van der Waals surface area (Å²) in [7, 11) is 1.46. The van der Waals surface area contributed by atoms with Crippen LogP contribution in [0.4, 0.5) is 0 Å². The summed E-state index contributed by atoms with van der Waals surface area (Å²) in [6.45, 7) is 1.72. The van der Waals surface area contributed by atoms with Crippen LogP contribution < -0.4 is 0 Å². The van der Waals surface area contributed by atoms with Gasteiger partial charge in [0.15, 0.2) is 5.60 Å². The van der Waals surface area contributed by atoms with Crippen molar-refractivity contribution in [1.29, 1.82) is 0 Å². The van der Waals surface area contributed by atoms with Gasteiger partial charge in [-0.1, -0.05) is 23.7 Å². The molecule has 6 heteroatoms. The standard InChI is InChI=1S/C17H19ClN2O3/c1-23-17(16(21)22)7-3-9-20(11-17)10-13-14(18)6-5-12-4-2-8-19-15(12)13/h2,4-6,8H,3,7,9-11H2,1H3,(H,21,22). The maximum Gasteiger partial charge on any atom is 0.337 e. The highest BCUT2D eigenvalue weighted by atomic mass is 35.5. The second-order valence-corrected chi connectivity index (χ2v) is 6.33. The van der Waals surface area contributed by atoms with Crippen molar-refractivity contribution >= 4 is 28.5 Å². The molecule has 1 saturated heterocycles. The number of carbonyl (C=O) groups is 1. The van der Waals surface area contributed by atoms with Crippen molar-refractivity contribution in [3.05, 3.63) is 41.0 Å². The number of pyridine rings is 1. The van der Waals surface area contributed by atoms with Crippen LogP contribution in [0, 0.1) is 0 Å². The molecule has 1 aliphatic heterocycles. The van der Waals surface area contributed by atoms with Crippen LogP contribution in [0.15, 0.2) is 30.5 Å². The Hall–Kier alpha value is -1.69. The third-order valence-electron chi connectivity index (χ3n) is 4.52. The van der Waals surface area contributed by atoms with Gasteiger partial charge in [0.1, 0.15) is 0 Å². The molecule has 0 aliphatic carbocycles. The minimum atomic E-state index is -1.14. The highest BCUT2D eigenvalue weighted by molar-refractivity contribution is 6.32. The maximum atomic E-state index is 11.6. The highest BCUT2D eigenvalue weighted by Crippen LogP contribution is 2.30. The van der Waals surface area contributed by atoms with Crippen LogP contribution in [0.5, 0.6) is 0 Å². The van der Waals surface area contributed by atoms with Crippen molar-refractivity contribution < 1.29 is 14.6 Å². The van der Waals surface area contributed by atoms with Crippen LogP contribution in [0.25, 0.3) is 10.9 Å². The number of hydrogen-bond donors (Lipinski definition) is 1. The van der Waals surface area contributed by atoms with Gasteiger partial charge in [-0.05, 0) is 31.5 Å². The van der Waals surface area contributed by atoms with Crippen LogP contribution in [-0.2, 0) is 16.1 Å². The minimum absolute atomic E-state index is 0.346. The van der Waals surface area contributed by atoms with E-state index in [-0.39, 0.29) is 0 Å². The van der Waals surface area contributed by atoms with Gasteiger partial charge in [0.2, 0.25) is 0 Å². The van der Waals surface area contributed by atoms with Crippen LogP contribution in [0.3, 0.4) is 0 Å². The summed E-state index contributed by atoms with van der Waals surface area (Å²) in [6.07, 6.45) is 3.04. The van der Waals surface area contributed by atoms with Crippen molar-refractivity contribution in [2.45, 2.75) is 25.0 Å². The molecular formula is C17H19ClN2O3. The molecule has 5 nitrogen and oxygen atoms in total. The smallest absolute Gasteiger partial charge is 0.337 e. The van der Waals surface area contributed by atoms with E-state index >= 15 is 0 Å². The molecule has 0 radical (unpaired) electrons. The summed E-state index contributed by atoms with van der Waals surface area (Å²) in [6, 6.07) is 7.70. The van der Waals surface area contributed by atoms with Gasteiger partial charge >= 0.3 is 5.97 Å². The fourth-order valence-corrected chi connectivity index (χ4v) is 3.44. The SMILES string of the molecule is COC1(C(=O)O)CCCN(Cc2c(Cl)ccc3cccnc23)C1. The number of rotatable bonds is 4. The molecule has 1 atom stereocenters. The Morgan fingerprint density at radius 3 is 3.04 bits per heavy atom.